The van der Waals surface area contributed by atoms with E-state index in [2.05, 4.69) is 15.0 Å². The van der Waals surface area contributed by atoms with E-state index in [4.69, 9.17) is 0 Å². The van der Waals surface area contributed by atoms with Crippen molar-refractivity contribution in [3.63, 3.8) is 0 Å². The summed E-state index contributed by atoms with van der Waals surface area (Å²) in [6.45, 7) is 5.20. The van der Waals surface area contributed by atoms with Crippen molar-refractivity contribution in [2.45, 2.75) is 43.9 Å². The molecule has 0 saturated carbocycles. The van der Waals surface area contributed by atoms with Crippen LogP contribution in [0.3, 0.4) is 0 Å². The Balaban J connectivity index is 2.20. The molecule has 2 rings (SSSR count). The van der Waals surface area contributed by atoms with E-state index in [1.807, 2.05) is 0 Å². The Morgan fingerprint density at radius 3 is 2.36 bits per heavy atom. The molecule has 25 heavy (non-hydrogen) atoms. The Labute approximate surface area is 148 Å². The lowest BCUT2D eigenvalue weighted by Crippen LogP contribution is -2.40. The lowest BCUT2D eigenvalue weighted by atomic mass is 10.1. The minimum Gasteiger partial charge on any atom is -0.357 e. The van der Waals surface area contributed by atoms with Gasteiger partial charge in [0, 0.05) is 12.1 Å². The van der Waals surface area contributed by atoms with E-state index in [0.29, 0.717) is 16.9 Å². The summed E-state index contributed by atoms with van der Waals surface area (Å²) in [5, 5.41) is 2.82. The molecule has 0 aliphatic rings. The lowest BCUT2D eigenvalue weighted by molar-refractivity contribution is -0.134. The van der Waals surface area contributed by atoms with Gasteiger partial charge in [-0.05, 0) is 32.4 Å². The fourth-order valence-electron chi connectivity index (χ4n) is 2.03. The van der Waals surface area contributed by atoms with Crippen LogP contribution in [0, 0.1) is 0 Å². The number of halogens is 3. The van der Waals surface area contributed by atoms with E-state index in [1.165, 1.54) is 6.07 Å². The van der Waals surface area contributed by atoms with Gasteiger partial charge in [-0.3, -0.25) is 0 Å². The van der Waals surface area contributed by atoms with E-state index in [1.54, 1.807) is 39.0 Å². The highest BCUT2D eigenvalue weighted by atomic mass is 32.2. The maximum Gasteiger partial charge on any atom is 0.427 e. The van der Waals surface area contributed by atoms with Crippen LogP contribution >= 0.6 is 11.3 Å². The standard InChI is InChI=1S/C15H18F3N3O2S2/c1-14(2,3)21-25(22,23)11-7-5-4-6-10(11)8-19-13-20-9-12(24-13)15(16,17)18/h4-7,9,21H,8H2,1-3H3,(H,19,20). The van der Waals surface area contributed by atoms with Crippen LogP contribution in [0.1, 0.15) is 31.2 Å². The Bertz CT molecular complexity index is 840. The first-order chi connectivity index (χ1) is 11.4. The molecular formula is C15H18F3N3O2S2. The molecule has 0 radical (unpaired) electrons. The Kier molecular flexibility index (Phi) is 5.45. The first-order valence-electron chi connectivity index (χ1n) is 7.27. The van der Waals surface area contributed by atoms with Crippen LogP contribution in [-0.2, 0) is 22.7 Å². The van der Waals surface area contributed by atoms with Gasteiger partial charge in [-0.15, -0.1) is 0 Å². The third-order valence-corrected chi connectivity index (χ3v) is 5.78. The number of alkyl halides is 3. The van der Waals surface area contributed by atoms with E-state index in [9.17, 15) is 21.6 Å². The van der Waals surface area contributed by atoms with Gasteiger partial charge in [0.1, 0.15) is 4.88 Å². The molecule has 0 bridgehead atoms. The third-order valence-electron chi connectivity index (χ3n) is 2.92. The molecule has 0 aliphatic carbocycles. The van der Waals surface area contributed by atoms with Crippen LogP contribution in [-0.4, -0.2) is 18.9 Å². The zero-order chi connectivity index (χ0) is 18.9. The normalized spacial score (nSPS) is 13.0. The summed E-state index contributed by atoms with van der Waals surface area (Å²) in [4.78, 5) is 2.93. The van der Waals surface area contributed by atoms with Crippen molar-refractivity contribution in [2.75, 3.05) is 5.32 Å². The van der Waals surface area contributed by atoms with Gasteiger partial charge >= 0.3 is 6.18 Å². The number of benzene rings is 1. The average Bonchev–Trinajstić information content (AvgIpc) is 2.92. The molecule has 2 N–H and O–H groups in total. The van der Waals surface area contributed by atoms with Gasteiger partial charge in [0.05, 0.1) is 11.1 Å². The number of hydrogen-bond donors (Lipinski definition) is 2. The van der Waals surface area contributed by atoms with Crippen molar-refractivity contribution >= 4 is 26.5 Å². The molecule has 1 aromatic carbocycles. The zero-order valence-corrected chi connectivity index (χ0v) is 15.4. The first kappa shape index (κ1) is 19.7. The number of rotatable bonds is 5. The van der Waals surface area contributed by atoms with Crippen molar-refractivity contribution in [3.05, 3.63) is 40.9 Å². The monoisotopic (exact) mass is 393 g/mol. The quantitative estimate of drug-likeness (QED) is 0.809. The minimum atomic E-state index is -4.45. The Hall–Kier alpha value is -1.65. The number of aromatic nitrogens is 1. The van der Waals surface area contributed by atoms with Crippen molar-refractivity contribution < 1.29 is 21.6 Å². The van der Waals surface area contributed by atoms with Gasteiger partial charge in [0.25, 0.3) is 0 Å². The van der Waals surface area contributed by atoms with Crippen LogP contribution in [0.2, 0.25) is 0 Å². The Morgan fingerprint density at radius 2 is 1.80 bits per heavy atom. The number of sulfonamides is 1. The van der Waals surface area contributed by atoms with Gasteiger partial charge < -0.3 is 5.32 Å². The number of nitrogens with zero attached hydrogens (tertiary/aromatic N) is 1. The molecular weight excluding hydrogens is 375 g/mol. The van der Waals surface area contributed by atoms with Crippen molar-refractivity contribution in [3.8, 4) is 0 Å². The third kappa shape index (κ3) is 5.41. The molecule has 0 amide bonds. The highest BCUT2D eigenvalue weighted by Gasteiger charge is 2.33. The second-order valence-electron chi connectivity index (χ2n) is 6.34. The summed E-state index contributed by atoms with van der Waals surface area (Å²) in [6, 6.07) is 6.30. The summed E-state index contributed by atoms with van der Waals surface area (Å²) in [5.41, 5.74) is -0.223. The van der Waals surface area contributed by atoms with Crippen LogP contribution < -0.4 is 10.0 Å². The lowest BCUT2D eigenvalue weighted by Gasteiger charge is -2.21. The van der Waals surface area contributed by atoms with Gasteiger partial charge in [0.15, 0.2) is 5.13 Å². The average molecular weight is 393 g/mol. The van der Waals surface area contributed by atoms with Crippen molar-refractivity contribution in [1.29, 1.82) is 0 Å². The molecule has 2 aromatic rings. The summed E-state index contributed by atoms with van der Waals surface area (Å²) < 4.78 is 65.4. The number of anilines is 1. The SMILES string of the molecule is CC(C)(C)NS(=O)(=O)c1ccccc1CNc1ncc(C(F)(F)F)s1. The highest BCUT2D eigenvalue weighted by molar-refractivity contribution is 7.89. The van der Waals surface area contributed by atoms with E-state index < -0.39 is 26.6 Å². The topological polar surface area (TPSA) is 71.1 Å². The molecule has 0 spiro atoms. The minimum absolute atomic E-state index is 0.0338. The molecule has 138 valence electrons. The molecule has 0 atom stereocenters. The Morgan fingerprint density at radius 1 is 1.16 bits per heavy atom. The zero-order valence-electron chi connectivity index (χ0n) is 13.8. The molecule has 1 aromatic heterocycles. The first-order valence-corrected chi connectivity index (χ1v) is 9.57. The molecule has 0 fully saturated rings. The molecule has 0 aliphatic heterocycles. The van der Waals surface area contributed by atoms with Crippen LogP contribution in [0.4, 0.5) is 18.3 Å². The van der Waals surface area contributed by atoms with Gasteiger partial charge in [0.2, 0.25) is 10.0 Å². The smallest absolute Gasteiger partial charge is 0.357 e. The molecule has 10 heteroatoms. The predicted molar refractivity (Wildman–Crippen MR) is 91.0 cm³/mol. The maximum atomic E-state index is 12.6. The van der Waals surface area contributed by atoms with Crippen LogP contribution in [0.5, 0.6) is 0 Å². The number of nitrogens with one attached hydrogen (secondary N) is 2. The summed E-state index contributed by atoms with van der Waals surface area (Å²) in [6.07, 6.45) is -3.70. The molecule has 1 heterocycles. The molecule has 0 saturated heterocycles. The van der Waals surface area contributed by atoms with Crippen molar-refractivity contribution in [1.82, 2.24) is 9.71 Å². The van der Waals surface area contributed by atoms with E-state index in [0.717, 1.165) is 6.20 Å². The fourth-order valence-corrected chi connectivity index (χ4v) is 4.37. The number of hydrogen-bond acceptors (Lipinski definition) is 5. The van der Waals surface area contributed by atoms with Gasteiger partial charge in [-0.2, -0.15) is 13.2 Å². The predicted octanol–water partition coefficient (Wildman–Crippen LogP) is 3.85. The second kappa shape index (κ2) is 6.93. The second-order valence-corrected chi connectivity index (χ2v) is 9.03. The summed E-state index contributed by atoms with van der Waals surface area (Å²) in [7, 11) is -3.76. The summed E-state index contributed by atoms with van der Waals surface area (Å²) >= 11 is 0.470. The maximum absolute atomic E-state index is 12.6. The van der Waals surface area contributed by atoms with Crippen LogP contribution in [0.25, 0.3) is 0 Å². The van der Waals surface area contributed by atoms with E-state index >= 15 is 0 Å². The van der Waals surface area contributed by atoms with Crippen molar-refractivity contribution in [2.24, 2.45) is 0 Å². The molecule has 0 unspecified atom stereocenters. The van der Waals surface area contributed by atoms with Crippen LogP contribution in [0.15, 0.2) is 35.4 Å². The van der Waals surface area contributed by atoms with Gasteiger partial charge in [-0.1, -0.05) is 29.5 Å². The fraction of sp³-hybridized carbons (Fsp3) is 0.400. The summed E-state index contributed by atoms with van der Waals surface area (Å²) in [5.74, 6) is 0. The molecule has 5 nitrogen and oxygen atoms in total. The largest absolute Gasteiger partial charge is 0.427 e. The number of thiazole rings is 1. The van der Waals surface area contributed by atoms with E-state index in [-0.39, 0.29) is 16.6 Å². The van der Waals surface area contributed by atoms with Gasteiger partial charge in [-0.25, -0.2) is 18.1 Å². The highest BCUT2D eigenvalue weighted by Crippen LogP contribution is 2.35.